The van der Waals surface area contributed by atoms with Gasteiger partial charge in [0, 0.05) is 0 Å². The van der Waals surface area contributed by atoms with Crippen molar-refractivity contribution < 1.29 is 19.8 Å². The van der Waals surface area contributed by atoms with Crippen LogP contribution in [0.25, 0.3) is 0 Å². The summed E-state index contributed by atoms with van der Waals surface area (Å²) in [6, 6.07) is -0.731. The molecular weight excluding hydrogens is 162 g/mol. The van der Waals surface area contributed by atoms with Crippen molar-refractivity contribution in [1.29, 1.82) is 0 Å². The summed E-state index contributed by atoms with van der Waals surface area (Å²) >= 11 is 0. The van der Waals surface area contributed by atoms with Crippen molar-refractivity contribution in [1.82, 2.24) is 0 Å². The van der Waals surface area contributed by atoms with E-state index in [1.165, 1.54) is 6.92 Å². The Morgan fingerprint density at radius 3 is 1.25 bits per heavy atom. The maximum Gasteiger partial charge on any atom is 0.320 e. The van der Waals surface area contributed by atoms with Crippen LogP contribution in [0.2, 0.25) is 0 Å². The van der Waals surface area contributed by atoms with Crippen LogP contribution in [-0.4, -0.2) is 28.2 Å². The van der Waals surface area contributed by atoms with Gasteiger partial charge < -0.3 is 15.9 Å². The minimum atomic E-state index is -0.963. The fourth-order valence-electron chi connectivity index (χ4n) is 0. The zero-order chi connectivity index (χ0) is 10.3. The molecule has 1 atom stereocenters. The van der Waals surface area contributed by atoms with Crippen molar-refractivity contribution in [3.05, 3.63) is 0 Å². The van der Waals surface area contributed by atoms with Gasteiger partial charge in [-0.05, 0) is 6.92 Å². The van der Waals surface area contributed by atoms with E-state index in [1.54, 1.807) is 13.8 Å². The van der Waals surface area contributed by atoms with Crippen molar-refractivity contribution in [3.8, 4) is 0 Å². The average Bonchev–Trinajstić information content (AvgIpc) is 1.88. The highest BCUT2D eigenvalue weighted by atomic mass is 16.4. The highest BCUT2D eigenvalue weighted by molar-refractivity contribution is 5.72. The number of carboxylic acid groups (broad SMARTS) is 2. The average molecular weight is 177 g/mol. The Morgan fingerprint density at radius 1 is 1.08 bits per heavy atom. The first-order valence-electron chi connectivity index (χ1n) is 3.50. The summed E-state index contributed by atoms with van der Waals surface area (Å²) in [6.07, 6.45) is 0. The lowest BCUT2D eigenvalue weighted by Gasteiger charge is -1.90. The number of nitrogens with two attached hydrogens (primary N) is 1. The normalized spacial score (nSPS) is 11.4. The molecule has 0 aromatic carbocycles. The number of rotatable bonds is 2. The van der Waals surface area contributed by atoms with Crippen LogP contribution in [0.4, 0.5) is 0 Å². The first kappa shape index (κ1) is 13.5. The Bertz CT molecular complexity index is 135. The number of hydrogen-bond donors (Lipinski definition) is 3. The Labute approximate surface area is 71.2 Å². The molecular formula is C7H15NO4. The largest absolute Gasteiger partial charge is 0.481 e. The molecule has 0 bridgehead atoms. The Kier molecular flexibility index (Phi) is 7.42. The Hall–Kier alpha value is -1.10. The summed E-state index contributed by atoms with van der Waals surface area (Å²) < 4.78 is 0. The first-order chi connectivity index (χ1) is 5.29. The van der Waals surface area contributed by atoms with Crippen molar-refractivity contribution in [3.63, 3.8) is 0 Å². The molecule has 12 heavy (non-hydrogen) atoms. The molecule has 5 nitrogen and oxygen atoms in total. The quantitative estimate of drug-likeness (QED) is 0.557. The van der Waals surface area contributed by atoms with Gasteiger partial charge in [-0.2, -0.15) is 0 Å². The summed E-state index contributed by atoms with van der Waals surface area (Å²) in [5.74, 6) is -1.94. The standard InChI is InChI=1S/C4H8O2.C3H7NO2/c1-3(2)4(5)6;1-2(4)3(5)6/h3H,1-2H3,(H,5,6);2H,4H2,1H3,(H,5,6)/t;2-/m.0/s1. The lowest BCUT2D eigenvalue weighted by molar-refractivity contribution is -0.140. The molecule has 5 heteroatoms. The highest BCUT2D eigenvalue weighted by Crippen LogP contribution is 1.87. The third-order valence-electron chi connectivity index (χ3n) is 0.883. The monoisotopic (exact) mass is 177 g/mol. The van der Waals surface area contributed by atoms with Crippen molar-refractivity contribution in [2.75, 3.05) is 0 Å². The molecule has 0 rings (SSSR count). The molecule has 0 aliphatic heterocycles. The molecule has 0 aromatic rings. The van der Waals surface area contributed by atoms with E-state index in [2.05, 4.69) is 0 Å². The van der Waals surface area contributed by atoms with Gasteiger partial charge >= 0.3 is 11.9 Å². The van der Waals surface area contributed by atoms with Crippen LogP contribution in [0, 0.1) is 5.92 Å². The zero-order valence-corrected chi connectivity index (χ0v) is 7.44. The van der Waals surface area contributed by atoms with Crippen LogP contribution in [0.15, 0.2) is 0 Å². The third-order valence-corrected chi connectivity index (χ3v) is 0.883. The molecule has 0 amide bonds. The predicted octanol–water partition coefficient (Wildman–Crippen LogP) is 0.145. The fraction of sp³-hybridized carbons (Fsp3) is 0.714. The molecule has 0 heterocycles. The predicted molar refractivity (Wildman–Crippen MR) is 43.8 cm³/mol. The van der Waals surface area contributed by atoms with Gasteiger partial charge in [-0.3, -0.25) is 9.59 Å². The number of aliphatic carboxylic acids is 2. The van der Waals surface area contributed by atoms with Gasteiger partial charge in [0.05, 0.1) is 5.92 Å². The Balaban J connectivity index is 0. The van der Waals surface area contributed by atoms with Crippen LogP contribution in [0.5, 0.6) is 0 Å². The molecule has 0 fully saturated rings. The molecule has 0 aromatic heterocycles. The van der Waals surface area contributed by atoms with Crippen LogP contribution in [0.1, 0.15) is 20.8 Å². The first-order valence-corrected chi connectivity index (χ1v) is 3.50. The van der Waals surface area contributed by atoms with Crippen LogP contribution in [-0.2, 0) is 9.59 Å². The van der Waals surface area contributed by atoms with Gasteiger partial charge in [0.1, 0.15) is 6.04 Å². The molecule has 0 radical (unpaired) electrons. The van der Waals surface area contributed by atoms with Gasteiger partial charge in [0.25, 0.3) is 0 Å². The van der Waals surface area contributed by atoms with Crippen molar-refractivity contribution in [2.45, 2.75) is 26.8 Å². The van der Waals surface area contributed by atoms with Crippen LogP contribution in [0.3, 0.4) is 0 Å². The topological polar surface area (TPSA) is 101 Å². The zero-order valence-electron chi connectivity index (χ0n) is 7.44. The van der Waals surface area contributed by atoms with E-state index in [-0.39, 0.29) is 5.92 Å². The molecule has 0 spiro atoms. The van der Waals surface area contributed by atoms with Crippen molar-refractivity contribution in [2.24, 2.45) is 11.7 Å². The second-order valence-corrected chi connectivity index (χ2v) is 2.62. The molecule has 0 saturated heterocycles. The highest BCUT2D eigenvalue weighted by Gasteiger charge is 1.99. The van der Waals surface area contributed by atoms with Gasteiger partial charge in [0.15, 0.2) is 0 Å². The minimum Gasteiger partial charge on any atom is -0.481 e. The van der Waals surface area contributed by atoms with E-state index in [0.29, 0.717) is 0 Å². The van der Waals surface area contributed by atoms with E-state index >= 15 is 0 Å². The van der Waals surface area contributed by atoms with E-state index in [4.69, 9.17) is 15.9 Å². The van der Waals surface area contributed by atoms with E-state index < -0.39 is 18.0 Å². The second kappa shape index (κ2) is 6.60. The van der Waals surface area contributed by atoms with E-state index in [9.17, 15) is 9.59 Å². The van der Waals surface area contributed by atoms with Gasteiger partial charge in [0.2, 0.25) is 0 Å². The number of hydrogen-bond acceptors (Lipinski definition) is 3. The summed E-state index contributed by atoms with van der Waals surface area (Å²) in [6.45, 7) is 4.70. The van der Waals surface area contributed by atoms with Gasteiger partial charge in [-0.15, -0.1) is 0 Å². The minimum absolute atomic E-state index is 0.231. The molecule has 0 aliphatic rings. The fourth-order valence-corrected chi connectivity index (χ4v) is 0. The molecule has 0 unspecified atom stereocenters. The van der Waals surface area contributed by atoms with Crippen molar-refractivity contribution >= 4 is 11.9 Å². The summed E-state index contributed by atoms with van der Waals surface area (Å²) in [5.41, 5.74) is 4.84. The number of carbonyl (C=O) groups is 2. The Morgan fingerprint density at radius 2 is 1.25 bits per heavy atom. The molecule has 4 N–H and O–H groups in total. The lowest BCUT2D eigenvalue weighted by Crippen LogP contribution is -2.25. The molecule has 0 aliphatic carbocycles. The lowest BCUT2D eigenvalue weighted by atomic mass is 10.2. The SMILES string of the molecule is CC(C)C(=O)O.C[C@H](N)C(=O)O. The van der Waals surface area contributed by atoms with Gasteiger partial charge in [-0.25, -0.2) is 0 Å². The maximum atomic E-state index is 9.70. The van der Waals surface area contributed by atoms with E-state index in [0.717, 1.165) is 0 Å². The number of carboxylic acids is 2. The summed E-state index contributed by atoms with van der Waals surface area (Å²) in [5, 5.41) is 15.9. The molecule has 0 saturated carbocycles. The smallest absolute Gasteiger partial charge is 0.320 e. The second-order valence-electron chi connectivity index (χ2n) is 2.62. The van der Waals surface area contributed by atoms with Gasteiger partial charge in [-0.1, -0.05) is 13.8 Å². The summed E-state index contributed by atoms with van der Waals surface area (Å²) in [7, 11) is 0. The van der Waals surface area contributed by atoms with E-state index in [1.807, 2.05) is 0 Å². The maximum absolute atomic E-state index is 9.70. The summed E-state index contributed by atoms with van der Waals surface area (Å²) in [4.78, 5) is 19.3. The van der Waals surface area contributed by atoms with Crippen LogP contribution < -0.4 is 5.73 Å². The third kappa shape index (κ3) is 11.7. The van der Waals surface area contributed by atoms with Crippen LogP contribution >= 0.6 is 0 Å². The molecule has 72 valence electrons.